The summed E-state index contributed by atoms with van der Waals surface area (Å²) in [4.78, 5) is 200. The Labute approximate surface area is 612 Å². The van der Waals surface area contributed by atoms with Crippen molar-refractivity contribution in [2.45, 2.75) is 185 Å². The third-order valence-electron chi connectivity index (χ3n) is 20.0. The van der Waals surface area contributed by atoms with Crippen LogP contribution in [0.1, 0.15) is 215 Å². The second-order valence-corrected chi connectivity index (χ2v) is 27.3. The van der Waals surface area contributed by atoms with Crippen molar-refractivity contribution in [3.8, 4) is 0 Å². The molecule has 0 saturated carbocycles. The molecule has 35 heteroatoms. The molecule has 6 aliphatic heterocycles. The molecule has 10 heterocycles. The zero-order valence-electron chi connectivity index (χ0n) is 62.8. The summed E-state index contributed by atoms with van der Waals surface area (Å²) in [5.41, 5.74) is -7.91. The summed E-state index contributed by atoms with van der Waals surface area (Å²) in [5, 5.41) is 62.7. The fraction of sp³-hybridized carbons (Fsp3) is 0.535. The fourth-order valence-corrected chi connectivity index (χ4v) is 12.5. The number of pyridine rings is 4. The Balaban J connectivity index is 0.000000381. The third kappa shape index (κ3) is 21.0. The van der Waals surface area contributed by atoms with Gasteiger partial charge in [-0.15, -0.1) is 18.9 Å². The minimum atomic E-state index is -1.20. The number of aromatic nitrogens is 4. The molecule has 8 bridgehead atoms. The molecule has 35 nitrogen and oxygen atoms in total. The summed E-state index contributed by atoms with van der Waals surface area (Å²) in [6.07, 6.45) is -0.328. The molecule has 0 radical (unpaired) electrons. The van der Waals surface area contributed by atoms with E-state index >= 15 is 0 Å². The molecule has 12 N–H and O–H groups in total. The highest BCUT2D eigenvalue weighted by Crippen LogP contribution is 2.26. The predicted octanol–water partition coefficient (Wildman–Crippen LogP) is 1.59. The summed E-state index contributed by atoms with van der Waals surface area (Å²) in [5.74, 6) is -7.76. The molecule has 11 amide bonds. The van der Waals surface area contributed by atoms with E-state index in [9.17, 15) is 92.7 Å². The highest BCUT2D eigenvalue weighted by Gasteiger charge is 2.36. The number of rotatable bonds is 0. The van der Waals surface area contributed by atoms with Crippen LogP contribution in [0.5, 0.6) is 0 Å². The third-order valence-corrected chi connectivity index (χ3v) is 20.0. The normalized spacial score (nSPS) is 24.6. The lowest BCUT2D eigenvalue weighted by Crippen LogP contribution is -2.53. The van der Waals surface area contributed by atoms with Crippen molar-refractivity contribution in [3.63, 3.8) is 0 Å². The van der Waals surface area contributed by atoms with E-state index in [1.807, 2.05) is 55.4 Å². The Morgan fingerprint density at radius 2 is 0.642 bits per heavy atom. The monoisotopic (exact) mass is 1480 g/mol. The van der Waals surface area contributed by atoms with Crippen LogP contribution in [0.4, 0.5) is 0 Å². The number of hydrogen-bond acceptors (Lipinski definition) is 20. The SMILES string of the molecule is C=C1NCCCN(C(C)=O)CCC(C)C(C)N(C(C)=O)C(C)C(C)C(C)NC(=O)c2ccc(c(=O)n2O)C(=O)NC(C)NC(=O)c2ccc1n(O)c2=O.CC(=O)N1CCCNC(=O)c2ccc(n(O)c2=O)C(=O)NC(C)NC(=O)c2ccc(c(=O)n2O)C(=O)NC(C)C(C)C(C)N(C(C)=O)C(C)C(C)CC1. The number of nitrogens with one attached hydrogen (secondary N) is 8. The average Bonchev–Trinajstić information content (AvgIpc) is 0.830. The molecule has 12 atom stereocenters. The second kappa shape index (κ2) is 37.4. The van der Waals surface area contributed by atoms with Crippen LogP contribution in [0.15, 0.2) is 74.3 Å². The fourth-order valence-electron chi connectivity index (χ4n) is 12.5. The van der Waals surface area contributed by atoms with E-state index in [1.165, 1.54) is 53.7 Å². The smallest absolute Gasteiger partial charge is 0.296 e. The van der Waals surface area contributed by atoms with Crippen molar-refractivity contribution < 1.29 is 73.6 Å². The lowest BCUT2D eigenvalue weighted by Gasteiger charge is -2.41. The van der Waals surface area contributed by atoms with Crippen LogP contribution in [0.2, 0.25) is 0 Å². The van der Waals surface area contributed by atoms with E-state index in [4.69, 9.17) is 0 Å². The van der Waals surface area contributed by atoms with Gasteiger partial charge in [-0.1, -0.05) is 34.3 Å². The molecule has 12 unspecified atom stereocenters. The molecule has 0 spiro atoms. The molecule has 580 valence electrons. The van der Waals surface area contributed by atoms with Crippen LogP contribution in [-0.4, -0.2) is 212 Å². The molecular formula is C71H102N16O19. The van der Waals surface area contributed by atoms with E-state index in [2.05, 4.69) is 49.1 Å². The predicted molar refractivity (Wildman–Crippen MR) is 386 cm³/mol. The van der Waals surface area contributed by atoms with E-state index in [-0.39, 0.29) is 108 Å². The molecule has 4 aromatic rings. The number of carbonyl (C=O) groups excluding carboxylic acids is 11. The summed E-state index contributed by atoms with van der Waals surface area (Å²) < 4.78 is 0.300. The summed E-state index contributed by atoms with van der Waals surface area (Å²) in [6.45, 7) is 33.1. The molecular weight excluding hydrogens is 1380 g/mol. The van der Waals surface area contributed by atoms with Gasteiger partial charge in [-0.25, -0.2) is 0 Å². The first-order valence-corrected chi connectivity index (χ1v) is 35.0. The highest BCUT2D eigenvalue weighted by molar-refractivity contribution is 6.00. The van der Waals surface area contributed by atoms with E-state index in [1.54, 1.807) is 33.4 Å². The topological polar surface area (TPSA) is 466 Å². The quantitative estimate of drug-likeness (QED) is 0.111. The average molecular weight is 1480 g/mol. The van der Waals surface area contributed by atoms with Gasteiger partial charge < -0.3 is 83.0 Å². The second-order valence-electron chi connectivity index (χ2n) is 27.3. The van der Waals surface area contributed by atoms with Crippen LogP contribution in [0.3, 0.4) is 0 Å². The van der Waals surface area contributed by atoms with Crippen molar-refractivity contribution in [1.29, 1.82) is 0 Å². The first-order valence-electron chi connectivity index (χ1n) is 35.0. The number of amides is 11. The molecule has 0 aliphatic carbocycles. The van der Waals surface area contributed by atoms with Crippen LogP contribution in [-0.2, 0) is 19.2 Å². The Hall–Kier alpha value is -11.3. The Bertz CT molecular complexity index is 4240. The maximum atomic E-state index is 13.2. The lowest BCUT2D eigenvalue weighted by molar-refractivity contribution is -0.137. The van der Waals surface area contributed by atoms with Gasteiger partial charge in [-0.2, -0.15) is 0 Å². The van der Waals surface area contributed by atoms with E-state index in [0.717, 1.165) is 36.4 Å². The van der Waals surface area contributed by atoms with Crippen LogP contribution >= 0.6 is 0 Å². The van der Waals surface area contributed by atoms with Gasteiger partial charge in [0.15, 0.2) is 0 Å². The van der Waals surface area contributed by atoms with E-state index in [0.29, 0.717) is 58.4 Å². The van der Waals surface area contributed by atoms with Gasteiger partial charge in [0.1, 0.15) is 45.0 Å². The van der Waals surface area contributed by atoms with Gasteiger partial charge in [-0.3, -0.25) is 71.9 Å². The van der Waals surface area contributed by atoms with Crippen molar-refractivity contribution in [3.05, 3.63) is 142 Å². The zero-order valence-corrected chi connectivity index (χ0v) is 62.8. The molecule has 10 rings (SSSR count). The maximum Gasteiger partial charge on any atom is 0.296 e. The molecule has 6 aliphatic rings. The Kier molecular flexibility index (Phi) is 30.1. The minimum absolute atomic E-state index is 0.00443. The van der Waals surface area contributed by atoms with Crippen molar-refractivity contribution in [1.82, 2.24) is 81.1 Å². The van der Waals surface area contributed by atoms with Crippen LogP contribution < -0.4 is 64.8 Å². The molecule has 4 aromatic heterocycles. The van der Waals surface area contributed by atoms with Gasteiger partial charge in [0, 0.05) is 103 Å². The number of fused-ring (bicyclic) bond motifs is 4. The van der Waals surface area contributed by atoms with Gasteiger partial charge in [0.25, 0.3) is 63.6 Å². The maximum absolute atomic E-state index is 13.2. The summed E-state index contributed by atoms with van der Waals surface area (Å²) in [6, 6.07) is 6.50. The number of carbonyl (C=O) groups is 11. The number of hydrogen-bond donors (Lipinski definition) is 12. The van der Waals surface area contributed by atoms with E-state index < -0.39 is 127 Å². The Morgan fingerprint density at radius 1 is 0.358 bits per heavy atom. The van der Waals surface area contributed by atoms with Crippen molar-refractivity contribution in [2.75, 3.05) is 39.3 Å². The summed E-state index contributed by atoms with van der Waals surface area (Å²) in [7, 11) is 0. The first kappa shape index (κ1) is 85.4. The number of nitrogens with zero attached hydrogens (tertiary/aromatic N) is 8. The van der Waals surface area contributed by atoms with Crippen LogP contribution in [0, 0.1) is 23.7 Å². The lowest BCUT2D eigenvalue weighted by atomic mass is 9.90. The van der Waals surface area contributed by atoms with Crippen molar-refractivity contribution in [2.24, 2.45) is 23.7 Å². The van der Waals surface area contributed by atoms with Crippen LogP contribution in [0.25, 0.3) is 5.70 Å². The van der Waals surface area contributed by atoms with Gasteiger partial charge in [0.05, 0.1) is 18.0 Å². The molecule has 0 saturated heterocycles. The molecule has 106 heavy (non-hydrogen) atoms. The first-order chi connectivity index (χ1) is 49.5. The van der Waals surface area contributed by atoms with Gasteiger partial charge >= 0.3 is 0 Å². The van der Waals surface area contributed by atoms with Gasteiger partial charge in [-0.05, 0) is 153 Å². The molecule has 0 aromatic carbocycles. The minimum Gasteiger partial charge on any atom is -0.425 e. The van der Waals surface area contributed by atoms with Crippen molar-refractivity contribution >= 4 is 70.7 Å². The Morgan fingerprint density at radius 3 is 0.981 bits per heavy atom. The summed E-state index contributed by atoms with van der Waals surface area (Å²) >= 11 is 0. The van der Waals surface area contributed by atoms with Gasteiger partial charge in [0.2, 0.25) is 23.6 Å². The zero-order chi connectivity index (χ0) is 79.8. The molecule has 0 fully saturated rings. The standard InChI is InChI=1S/C36H52N8O9.C35H50N8O10/c1-19-15-18-41(26(8)45)17-10-16-37-22(4)30-13-11-28(35(50)43(30)52)32(47)39-25(7)40-33(48)29-12-14-31(44(53)36(29)51)34(49)38-21(3)20(2)24(6)42(23(19)5)27(9)46;1-18-14-17-40(24(7)44)16-9-15-36-30(46)26-10-12-28(42(52)34(26)50)32(48)38-23(6)39-33(49)29-13-11-27(35(51)43(29)53)31(47)37-20(3)19(2)22(5)41(21(18)4)25(8)45/h11-14,19-21,23-25,37,52-53H,4,10,15-18H2,1-3,5-9H3,(H,38,49)(H,39,47)(H,40,48);10-13,18-23,52-53H,9,14-17H2,1-8H3,(H,36,46)(H,37,47)(H,38,48)(H,39,49). The largest absolute Gasteiger partial charge is 0.425 e. The highest BCUT2D eigenvalue weighted by atomic mass is 16.5.